The number of hydrogen-bond donors (Lipinski definition) is 1. The van der Waals surface area contributed by atoms with Crippen molar-refractivity contribution in [1.29, 1.82) is 0 Å². The van der Waals surface area contributed by atoms with Crippen molar-refractivity contribution in [2.75, 3.05) is 5.32 Å². The second-order valence-electron chi connectivity index (χ2n) is 6.02. The Kier molecular flexibility index (Phi) is 3.68. The van der Waals surface area contributed by atoms with E-state index in [-0.39, 0.29) is 11.8 Å². The van der Waals surface area contributed by atoms with Crippen LogP contribution < -0.4 is 5.32 Å². The van der Waals surface area contributed by atoms with Crippen molar-refractivity contribution in [3.8, 4) is 0 Å². The second kappa shape index (κ2) is 6.06. The van der Waals surface area contributed by atoms with Gasteiger partial charge in [-0.15, -0.1) is 10.2 Å². The number of amides is 1. The minimum absolute atomic E-state index is 0.0316. The molecule has 5 rings (SSSR count). The average Bonchev–Trinajstić information content (AvgIpc) is 3.30. The van der Waals surface area contributed by atoms with Gasteiger partial charge < -0.3 is 5.32 Å². The van der Waals surface area contributed by atoms with Gasteiger partial charge in [0.05, 0.1) is 6.20 Å². The van der Waals surface area contributed by atoms with E-state index in [4.69, 9.17) is 0 Å². The standard InChI is InChI=1S/C16H12BrN7OS/c17-10-5-6-23-13(7-10)20-21-16(23)26-14-4-3-12-18-11(8-24(12)22-14)19-15(25)9-1-2-9/h3-9H,1-2H2,(H,19,25). The van der Waals surface area contributed by atoms with Crippen molar-refractivity contribution >= 4 is 50.7 Å². The highest BCUT2D eigenvalue weighted by atomic mass is 79.9. The Bertz CT molecular complexity index is 1150. The summed E-state index contributed by atoms with van der Waals surface area (Å²) < 4.78 is 4.51. The number of carbonyl (C=O) groups is 1. The average molecular weight is 430 g/mol. The monoisotopic (exact) mass is 429 g/mol. The molecule has 0 saturated heterocycles. The maximum atomic E-state index is 11.9. The predicted octanol–water partition coefficient (Wildman–Crippen LogP) is 3.03. The number of rotatable bonds is 4. The number of imidazole rings is 1. The molecule has 4 heterocycles. The lowest BCUT2D eigenvalue weighted by Crippen LogP contribution is -2.13. The Labute approximate surface area is 160 Å². The molecule has 0 aliphatic heterocycles. The zero-order valence-corrected chi connectivity index (χ0v) is 15.7. The number of halogens is 1. The summed E-state index contributed by atoms with van der Waals surface area (Å²) in [5, 5.41) is 17.2. The fraction of sp³-hybridized carbons (Fsp3) is 0.188. The van der Waals surface area contributed by atoms with Crippen LogP contribution in [0.2, 0.25) is 0 Å². The van der Waals surface area contributed by atoms with Gasteiger partial charge in [0.15, 0.2) is 17.1 Å². The van der Waals surface area contributed by atoms with Crippen LogP contribution >= 0.6 is 27.7 Å². The zero-order chi connectivity index (χ0) is 17.7. The maximum Gasteiger partial charge on any atom is 0.228 e. The first-order chi connectivity index (χ1) is 12.7. The van der Waals surface area contributed by atoms with E-state index in [0.717, 1.165) is 33.1 Å². The highest BCUT2D eigenvalue weighted by Gasteiger charge is 2.30. The molecule has 8 nitrogen and oxygen atoms in total. The molecule has 0 atom stereocenters. The van der Waals surface area contributed by atoms with Crippen molar-refractivity contribution in [3.05, 3.63) is 41.1 Å². The number of aromatic nitrogens is 6. The minimum Gasteiger partial charge on any atom is -0.309 e. The fourth-order valence-electron chi connectivity index (χ4n) is 2.56. The molecule has 0 bridgehead atoms. The van der Waals surface area contributed by atoms with Crippen LogP contribution in [0.15, 0.2) is 51.3 Å². The Balaban J connectivity index is 1.42. The molecule has 26 heavy (non-hydrogen) atoms. The van der Waals surface area contributed by atoms with E-state index >= 15 is 0 Å². The predicted molar refractivity (Wildman–Crippen MR) is 99.2 cm³/mol. The Morgan fingerprint density at radius 3 is 2.96 bits per heavy atom. The summed E-state index contributed by atoms with van der Waals surface area (Å²) >= 11 is 4.84. The summed E-state index contributed by atoms with van der Waals surface area (Å²) in [5.74, 6) is 0.693. The van der Waals surface area contributed by atoms with Gasteiger partial charge in [0.2, 0.25) is 11.1 Å². The van der Waals surface area contributed by atoms with Crippen LogP contribution in [0.4, 0.5) is 5.82 Å². The van der Waals surface area contributed by atoms with E-state index in [1.54, 1.807) is 10.7 Å². The van der Waals surface area contributed by atoms with Gasteiger partial charge in [-0.2, -0.15) is 5.10 Å². The molecule has 4 aromatic rings. The third-order valence-corrected chi connectivity index (χ3v) is 5.41. The number of pyridine rings is 1. The number of hydrogen-bond acceptors (Lipinski definition) is 6. The Hall–Kier alpha value is -2.46. The van der Waals surface area contributed by atoms with E-state index in [1.807, 2.05) is 34.9 Å². The molecule has 4 aromatic heterocycles. The van der Waals surface area contributed by atoms with Crippen molar-refractivity contribution in [3.63, 3.8) is 0 Å². The lowest BCUT2D eigenvalue weighted by molar-refractivity contribution is -0.117. The fourth-order valence-corrected chi connectivity index (χ4v) is 3.67. The SMILES string of the molecule is O=C(Nc1cn2nc(Sc3nnc4cc(Br)ccn34)ccc2n1)C1CC1. The smallest absolute Gasteiger partial charge is 0.228 e. The molecule has 1 saturated carbocycles. The van der Waals surface area contributed by atoms with Crippen LogP contribution in [0.3, 0.4) is 0 Å². The quantitative estimate of drug-likeness (QED) is 0.536. The molecule has 130 valence electrons. The number of fused-ring (bicyclic) bond motifs is 2. The first-order valence-corrected chi connectivity index (χ1v) is 9.62. The highest BCUT2D eigenvalue weighted by molar-refractivity contribution is 9.10. The van der Waals surface area contributed by atoms with Gasteiger partial charge in [0.25, 0.3) is 0 Å². The van der Waals surface area contributed by atoms with Crippen molar-refractivity contribution < 1.29 is 4.79 Å². The van der Waals surface area contributed by atoms with E-state index in [2.05, 4.69) is 41.5 Å². The lowest BCUT2D eigenvalue weighted by Gasteiger charge is -2.00. The summed E-state index contributed by atoms with van der Waals surface area (Å²) in [4.78, 5) is 16.3. The summed E-state index contributed by atoms with van der Waals surface area (Å²) in [6.07, 6.45) is 5.55. The molecule has 1 N–H and O–H groups in total. The molecule has 0 radical (unpaired) electrons. The number of carbonyl (C=O) groups excluding carboxylic acids is 1. The summed E-state index contributed by atoms with van der Waals surface area (Å²) in [6.45, 7) is 0. The maximum absolute atomic E-state index is 11.9. The molecule has 1 aliphatic rings. The van der Waals surface area contributed by atoms with Gasteiger partial charge in [0.1, 0.15) is 5.03 Å². The lowest BCUT2D eigenvalue weighted by atomic mass is 10.4. The minimum atomic E-state index is 0.0316. The largest absolute Gasteiger partial charge is 0.309 e. The molecule has 0 spiro atoms. The van der Waals surface area contributed by atoms with Crippen molar-refractivity contribution in [2.45, 2.75) is 23.0 Å². The molecular formula is C16H12BrN7OS. The second-order valence-corrected chi connectivity index (χ2v) is 7.93. The Morgan fingerprint density at radius 2 is 2.12 bits per heavy atom. The van der Waals surface area contributed by atoms with Crippen LogP contribution in [0, 0.1) is 5.92 Å². The topological polar surface area (TPSA) is 89.5 Å². The molecule has 1 fully saturated rings. The number of nitrogens with zero attached hydrogens (tertiary/aromatic N) is 6. The molecule has 0 unspecified atom stereocenters. The molecule has 0 aromatic carbocycles. The third-order valence-electron chi connectivity index (χ3n) is 4.03. The van der Waals surface area contributed by atoms with E-state index in [9.17, 15) is 4.79 Å². The normalized spacial score (nSPS) is 14.2. The number of nitrogens with one attached hydrogen (secondary N) is 1. The van der Waals surface area contributed by atoms with E-state index in [1.165, 1.54) is 11.8 Å². The molecule has 1 amide bonds. The van der Waals surface area contributed by atoms with E-state index < -0.39 is 0 Å². The van der Waals surface area contributed by atoms with Crippen LogP contribution in [0.5, 0.6) is 0 Å². The van der Waals surface area contributed by atoms with Crippen molar-refractivity contribution in [2.24, 2.45) is 5.92 Å². The molecule has 10 heteroatoms. The van der Waals surface area contributed by atoms with E-state index in [0.29, 0.717) is 11.5 Å². The van der Waals surface area contributed by atoms with Crippen LogP contribution in [-0.2, 0) is 4.79 Å². The first kappa shape index (κ1) is 15.8. The van der Waals surface area contributed by atoms with Gasteiger partial charge >= 0.3 is 0 Å². The van der Waals surface area contributed by atoms with Gasteiger partial charge in [-0.25, -0.2) is 9.50 Å². The summed E-state index contributed by atoms with van der Waals surface area (Å²) in [6, 6.07) is 7.57. The number of anilines is 1. The summed E-state index contributed by atoms with van der Waals surface area (Å²) in [5.41, 5.74) is 1.44. The zero-order valence-electron chi connectivity index (χ0n) is 13.3. The van der Waals surface area contributed by atoms with Gasteiger partial charge in [0, 0.05) is 16.6 Å². The molecular weight excluding hydrogens is 418 g/mol. The van der Waals surface area contributed by atoms with Gasteiger partial charge in [-0.05, 0) is 48.9 Å². The van der Waals surface area contributed by atoms with Crippen LogP contribution in [0.25, 0.3) is 11.3 Å². The third kappa shape index (κ3) is 2.95. The van der Waals surface area contributed by atoms with Gasteiger partial charge in [-0.3, -0.25) is 9.20 Å². The van der Waals surface area contributed by atoms with Gasteiger partial charge in [-0.1, -0.05) is 15.9 Å². The van der Waals surface area contributed by atoms with Crippen LogP contribution in [0.1, 0.15) is 12.8 Å². The Morgan fingerprint density at radius 1 is 1.23 bits per heavy atom. The molecule has 1 aliphatic carbocycles. The highest BCUT2D eigenvalue weighted by Crippen LogP contribution is 2.30. The van der Waals surface area contributed by atoms with Crippen molar-refractivity contribution in [1.82, 2.24) is 29.2 Å². The first-order valence-electron chi connectivity index (χ1n) is 8.01. The van der Waals surface area contributed by atoms with Crippen LogP contribution in [-0.4, -0.2) is 35.1 Å². The summed E-state index contributed by atoms with van der Waals surface area (Å²) in [7, 11) is 0.